The Balaban J connectivity index is 2.72. The van der Waals surface area contributed by atoms with Crippen molar-refractivity contribution in [1.29, 1.82) is 0 Å². The average molecular weight is 179 g/mol. The summed E-state index contributed by atoms with van der Waals surface area (Å²) >= 11 is 0. The van der Waals surface area contributed by atoms with Gasteiger partial charge in [0.25, 0.3) is 0 Å². The van der Waals surface area contributed by atoms with Crippen LogP contribution in [0.3, 0.4) is 0 Å². The van der Waals surface area contributed by atoms with E-state index in [-0.39, 0.29) is 5.54 Å². The molecule has 0 heterocycles. The van der Waals surface area contributed by atoms with Gasteiger partial charge in [0.05, 0.1) is 5.54 Å². The molecule has 1 fully saturated rings. The van der Waals surface area contributed by atoms with Crippen LogP contribution in [0, 0.1) is 12.3 Å². The molecular formula is C12H21N. The van der Waals surface area contributed by atoms with E-state index in [1.807, 2.05) is 0 Å². The third-order valence-corrected chi connectivity index (χ3v) is 3.32. The lowest BCUT2D eigenvalue weighted by Gasteiger charge is -2.42. The summed E-state index contributed by atoms with van der Waals surface area (Å²) in [6.45, 7) is 6.58. The molecule has 0 aromatic heterocycles. The van der Waals surface area contributed by atoms with Crippen molar-refractivity contribution in [3.8, 4) is 12.3 Å². The Morgan fingerprint density at radius 3 is 2.08 bits per heavy atom. The molecule has 0 atom stereocenters. The van der Waals surface area contributed by atoms with Crippen LogP contribution in [0.4, 0.5) is 0 Å². The van der Waals surface area contributed by atoms with Crippen molar-refractivity contribution >= 4 is 0 Å². The lowest BCUT2D eigenvalue weighted by Crippen LogP contribution is -2.48. The number of nitrogens with zero attached hydrogens (tertiary/aromatic N) is 1. The van der Waals surface area contributed by atoms with Gasteiger partial charge in [-0.3, -0.25) is 4.90 Å². The fourth-order valence-electron chi connectivity index (χ4n) is 2.52. The summed E-state index contributed by atoms with van der Waals surface area (Å²) in [4.78, 5) is 2.45. The molecule has 0 amide bonds. The fourth-order valence-corrected chi connectivity index (χ4v) is 2.52. The van der Waals surface area contributed by atoms with Crippen molar-refractivity contribution in [2.45, 2.75) is 51.5 Å². The maximum atomic E-state index is 5.70. The van der Waals surface area contributed by atoms with E-state index in [4.69, 9.17) is 6.42 Å². The smallest absolute Gasteiger partial charge is 0.0822 e. The van der Waals surface area contributed by atoms with E-state index in [9.17, 15) is 0 Å². The first-order chi connectivity index (χ1) is 6.29. The van der Waals surface area contributed by atoms with E-state index in [0.717, 1.165) is 13.1 Å². The Labute approximate surface area is 82.5 Å². The van der Waals surface area contributed by atoms with Crippen molar-refractivity contribution in [2.75, 3.05) is 13.1 Å². The highest BCUT2D eigenvalue weighted by Gasteiger charge is 2.34. The zero-order valence-electron chi connectivity index (χ0n) is 8.97. The molecule has 0 N–H and O–H groups in total. The Hall–Kier alpha value is -0.480. The monoisotopic (exact) mass is 179 g/mol. The van der Waals surface area contributed by atoms with Crippen LogP contribution in [0.15, 0.2) is 0 Å². The second kappa shape index (κ2) is 4.67. The second-order valence-electron chi connectivity index (χ2n) is 3.91. The van der Waals surface area contributed by atoms with E-state index >= 15 is 0 Å². The number of hydrogen-bond acceptors (Lipinski definition) is 1. The summed E-state index contributed by atoms with van der Waals surface area (Å²) in [5, 5.41) is 0. The van der Waals surface area contributed by atoms with Crippen LogP contribution < -0.4 is 0 Å². The summed E-state index contributed by atoms with van der Waals surface area (Å²) in [6, 6.07) is 0. The topological polar surface area (TPSA) is 3.24 Å². The molecule has 1 aliphatic carbocycles. The summed E-state index contributed by atoms with van der Waals surface area (Å²) in [7, 11) is 0. The van der Waals surface area contributed by atoms with Crippen LogP contribution in [0.2, 0.25) is 0 Å². The summed E-state index contributed by atoms with van der Waals surface area (Å²) in [6.07, 6.45) is 12.1. The highest BCUT2D eigenvalue weighted by atomic mass is 15.2. The second-order valence-corrected chi connectivity index (χ2v) is 3.91. The van der Waals surface area contributed by atoms with Crippen LogP contribution in [-0.2, 0) is 0 Å². The molecule has 74 valence electrons. The molecule has 13 heavy (non-hydrogen) atoms. The van der Waals surface area contributed by atoms with Crippen LogP contribution in [0.5, 0.6) is 0 Å². The van der Waals surface area contributed by atoms with E-state index in [2.05, 4.69) is 24.7 Å². The van der Waals surface area contributed by atoms with E-state index in [0.29, 0.717) is 0 Å². The van der Waals surface area contributed by atoms with Gasteiger partial charge in [0, 0.05) is 0 Å². The molecule has 0 aromatic carbocycles. The molecule has 0 spiro atoms. The molecule has 1 heteroatoms. The normalized spacial score (nSPS) is 21.4. The molecule has 1 aliphatic rings. The van der Waals surface area contributed by atoms with Crippen molar-refractivity contribution < 1.29 is 0 Å². The van der Waals surface area contributed by atoms with Gasteiger partial charge in [-0.25, -0.2) is 0 Å². The molecule has 1 rings (SSSR count). The molecule has 0 aliphatic heterocycles. The molecule has 0 radical (unpaired) electrons. The summed E-state index contributed by atoms with van der Waals surface area (Å²) in [5.41, 5.74) is 0.0990. The zero-order chi connectivity index (χ0) is 9.73. The highest BCUT2D eigenvalue weighted by Crippen LogP contribution is 2.32. The molecule has 1 saturated carbocycles. The van der Waals surface area contributed by atoms with Crippen molar-refractivity contribution in [3.05, 3.63) is 0 Å². The van der Waals surface area contributed by atoms with Crippen LogP contribution in [0.25, 0.3) is 0 Å². The molecule has 0 saturated heterocycles. The van der Waals surface area contributed by atoms with Gasteiger partial charge in [-0.05, 0) is 25.9 Å². The third-order valence-electron chi connectivity index (χ3n) is 3.32. The first-order valence-electron chi connectivity index (χ1n) is 5.52. The predicted molar refractivity (Wildman–Crippen MR) is 57.6 cm³/mol. The minimum absolute atomic E-state index is 0.0990. The Morgan fingerprint density at radius 2 is 1.69 bits per heavy atom. The van der Waals surface area contributed by atoms with Gasteiger partial charge in [-0.2, -0.15) is 0 Å². The molecule has 1 nitrogen and oxygen atoms in total. The average Bonchev–Trinajstić information content (AvgIpc) is 2.21. The maximum absolute atomic E-state index is 5.70. The van der Waals surface area contributed by atoms with E-state index in [1.54, 1.807) is 0 Å². The molecule has 0 unspecified atom stereocenters. The van der Waals surface area contributed by atoms with Gasteiger partial charge in [-0.15, -0.1) is 6.42 Å². The molecule has 0 bridgehead atoms. The largest absolute Gasteiger partial charge is 0.288 e. The van der Waals surface area contributed by atoms with Gasteiger partial charge < -0.3 is 0 Å². The Morgan fingerprint density at radius 1 is 1.15 bits per heavy atom. The highest BCUT2D eigenvalue weighted by molar-refractivity contribution is 5.14. The van der Waals surface area contributed by atoms with E-state index < -0.39 is 0 Å². The quantitative estimate of drug-likeness (QED) is 0.602. The first-order valence-corrected chi connectivity index (χ1v) is 5.52. The van der Waals surface area contributed by atoms with Gasteiger partial charge in [0.2, 0.25) is 0 Å². The Bertz CT molecular complexity index is 180. The lowest BCUT2D eigenvalue weighted by molar-refractivity contribution is 0.112. The minimum atomic E-state index is 0.0990. The summed E-state index contributed by atoms with van der Waals surface area (Å²) < 4.78 is 0. The van der Waals surface area contributed by atoms with Gasteiger partial charge >= 0.3 is 0 Å². The number of terminal acetylenes is 1. The molecular weight excluding hydrogens is 158 g/mol. The standard InChI is InChI=1S/C12H21N/c1-4-12(13(5-2)6-3)10-8-7-9-11-12/h1H,5-11H2,2-3H3. The lowest BCUT2D eigenvalue weighted by atomic mass is 9.81. The zero-order valence-corrected chi connectivity index (χ0v) is 8.97. The first kappa shape index (κ1) is 10.6. The summed E-state index contributed by atoms with van der Waals surface area (Å²) in [5.74, 6) is 3.05. The predicted octanol–water partition coefficient (Wildman–Crippen LogP) is 2.66. The SMILES string of the molecule is C#CC1(N(CC)CC)CCCCC1. The van der Waals surface area contributed by atoms with Gasteiger partial charge in [0.15, 0.2) is 0 Å². The van der Waals surface area contributed by atoms with Crippen molar-refractivity contribution in [3.63, 3.8) is 0 Å². The minimum Gasteiger partial charge on any atom is -0.288 e. The number of rotatable bonds is 3. The van der Waals surface area contributed by atoms with Gasteiger partial charge in [-0.1, -0.05) is 39.0 Å². The third kappa shape index (κ3) is 2.06. The van der Waals surface area contributed by atoms with Crippen LogP contribution >= 0.6 is 0 Å². The van der Waals surface area contributed by atoms with Crippen LogP contribution in [-0.4, -0.2) is 23.5 Å². The maximum Gasteiger partial charge on any atom is 0.0822 e. The van der Waals surface area contributed by atoms with Gasteiger partial charge in [0.1, 0.15) is 0 Å². The van der Waals surface area contributed by atoms with Crippen LogP contribution in [0.1, 0.15) is 46.0 Å². The van der Waals surface area contributed by atoms with Crippen molar-refractivity contribution in [1.82, 2.24) is 4.90 Å². The van der Waals surface area contributed by atoms with E-state index in [1.165, 1.54) is 32.1 Å². The number of hydrogen-bond donors (Lipinski definition) is 0. The Kier molecular flexibility index (Phi) is 3.81. The van der Waals surface area contributed by atoms with Crippen molar-refractivity contribution in [2.24, 2.45) is 0 Å². The molecule has 0 aromatic rings. The fraction of sp³-hybridized carbons (Fsp3) is 0.833.